The summed E-state index contributed by atoms with van der Waals surface area (Å²) < 4.78 is 15.7. The van der Waals surface area contributed by atoms with Crippen LogP contribution in [0.4, 0.5) is 5.69 Å². The largest absolute Gasteiger partial charge is 0.493 e. The SMILES string of the molecule is COCCNC(=O)C(=O)N/N=C\c1ccc(OCC(=O)Nc2ccc(C)c(C)c2)c(OC)c1. The average molecular weight is 456 g/mol. The van der Waals surface area contributed by atoms with Gasteiger partial charge in [-0.15, -0.1) is 0 Å². The first kappa shape index (κ1) is 25.3. The summed E-state index contributed by atoms with van der Waals surface area (Å²) >= 11 is 0. The molecule has 2 aromatic rings. The highest BCUT2D eigenvalue weighted by Crippen LogP contribution is 2.27. The average Bonchev–Trinajstić information content (AvgIpc) is 2.80. The second-order valence-electron chi connectivity index (χ2n) is 6.99. The van der Waals surface area contributed by atoms with Gasteiger partial charge in [0.2, 0.25) is 0 Å². The maximum absolute atomic E-state index is 12.2. The van der Waals surface area contributed by atoms with Crippen LogP contribution in [0.15, 0.2) is 41.5 Å². The molecule has 176 valence electrons. The van der Waals surface area contributed by atoms with Crippen LogP contribution >= 0.6 is 0 Å². The van der Waals surface area contributed by atoms with Crippen molar-refractivity contribution < 1.29 is 28.6 Å². The number of amides is 3. The van der Waals surface area contributed by atoms with E-state index in [0.717, 1.165) is 11.1 Å². The number of nitrogens with zero attached hydrogens (tertiary/aromatic N) is 1. The second-order valence-corrected chi connectivity index (χ2v) is 6.99. The molecule has 0 aliphatic rings. The fraction of sp³-hybridized carbons (Fsp3) is 0.304. The van der Waals surface area contributed by atoms with Gasteiger partial charge >= 0.3 is 11.8 Å². The van der Waals surface area contributed by atoms with E-state index in [1.54, 1.807) is 18.2 Å². The minimum Gasteiger partial charge on any atom is -0.493 e. The second kappa shape index (κ2) is 12.8. The number of hydrogen-bond donors (Lipinski definition) is 3. The molecule has 3 N–H and O–H groups in total. The zero-order valence-electron chi connectivity index (χ0n) is 19.1. The molecular weight excluding hydrogens is 428 g/mol. The predicted octanol–water partition coefficient (Wildman–Crippen LogP) is 1.54. The van der Waals surface area contributed by atoms with E-state index in [9.17, 15) is 14.4 Å². The molecule has 0 saturated heterocycles. The fourth-order valence-electron chi connectivity index (χ4n) is 2.61. The zero-order chi connectivity index (χ0) is 24.2. The third kappa shape index (κ3) is 8.26. The predicted molar refractivity (Wildman–Crippen MR) is 124 cm³/mol. The molecule has 2 aromatic carbocycles. The van der Waals surface area contributed by atoms with Gasteiger partial charge in [0.05, 0.1) is 19.9 Å². The smallest absolute Gasteiger partial charge is 0.329 e. The molecule has 0 bridgehead atoms. The number of hydrogen-bond acceptors (Lipinski definition) is 7. The Balaban J connectivity index is 1.89. The van der Waals surface area contributed by atoms with E-state index in [4.69, 9.17) is 14.2 Å². The summed E-state index contributed by atoms with van der Waals surface area (Å²) in [7, 11) is 2.95. The lowest BCUT2D eigenvalue weighted by molar-refractivity contribution is -0.139. The lowest BCUT2D eigenvalue weighted by Gasteiger charge is -2.12. The molecule has 2 rings (SSSR count). The van der Waals surface area contributed by atoms with E-state index in [1.165, 1.54) is 20.4 Å². The summed E-state index contributed by atoms with van der Waals surface area (Å²) in [5.74, 6) is -1.28. The lowest BCUT2D eigenvalue weighted by atomic mass is 10.1. The molecule has 0 heterocycles. The van der Waals surface area contributed by atoms with Crippen molar-refractivity contribution in [2.24, 2.45) is 5.10 Å². The Morgan fingerprint density at radius 1 is 0.970 bits per heavy atom. The number of methoxy groups -OCH3 is 2. The van der Waals surface area contributed by atoms with Gasteiger partial charge in [0, 0.05) is 19.3 Å². The molecule has 0 aromatic heterocycles. The Kier molecular flexibility index (Phi) is 9.84. The van der Waals surface area contributed by atoms with Gasteiger partial charge in [0.15, 0.2) is 18.1 Å². The van der Waals surface area contributed by atoms with Crippen LogP contribution in [0, 0.1) is 13.8 Å². The standard InChI is InChI=1S/C23H28N4O6/c1-15-5-7-18(11-16(15)2)26-21(28)14-33-19-8-6-17(12-20(19)32-4)13-25-27-23(30)22(29)24-9-10-31-3/h5-8,11-13H,9-10,14H2,1-4H3,(H,24,29)(H,26,28)(H,27,30)/b25-13-. The van der Waals surface area contributed by atoms with Gasteiger partial charge in [-0.1, -0.05) is 6.07 Å². The highest BCUT2D eigenvalue weighted by atomic mass is 16.5. The molecule has 0 atom stereocenters. The Morgan fingerprint density at radius 2 is 1.76 bits per heavy atom. The minimum atomic E-state index is -0.899. The van der Waals surface area contributed by atoms with Crippen LogP contribution in [0.3, 0.4) is 0 Å². The van der Waals surface area contributed by atoms with E-state index >= 15 is 0 Å². The highest BCUT2D eigenvalue weighted by Gasteiger charge is 2.12. The van der Waals surface area contributed by atoms with Gasteiger partial charge < -0.3 is 24.8 Å². The summed E-state index contributed by atoms with van der Waals surface area (Å²) in [6.07, 6.45) is 1.35. The van der Waals surface area contributed by atoms with Gasteiger partial charge in [-0.2, -0.15) is 5.10 Å². The topological polar surface area (TPSA) is 127 Å². The van der Waals surface area contributed by atoms with Crippen LogP contribution in [0.1, 0.15) is 16.7 Å². The Labute approximate surface area is 192 Å². The Morgan fingerprint density at radius 3 is 2.45 bits per heavy atom. The van der Waals surface area contributed by atoms with Gasteiger partial charge in [-0.3, -0.25) is 14.4 Å². The van der Waals surface area contributed by atoms with E-state index in [-0.39, 0.29) is 19.1 Å². The van der Waals surface area contributed by atoms with E-state index in [2.05, 4.69) is 21.2 Å². The number of nitrogens with one attached hydrogen (secondary N) is 3. The van der Waals surface area contributed by atoms with Gasteiger partial charge in [-0.05, 0) is 60.9 Å². The lowest BCUT2D eigenvalue weighted by Crippen LogP contribution is -2.39. The molecule has 0 saturated carbocycles. The number of benzene rings is 2. The van der Waals surface area contributed by atoms with E-state index in [1.807, 2.05) is 32.0 Å². The van der Waals surface area contributed by atoms with Crippen molar-refractivity contribution in [3.05, 3.63) is 53.1 Å². The fourth-order valence-corrected chi connectivity index (χ4v) is 2.61. The number of carbonyl (C=O) groups is 3. The maximum Gasteiger partial charge on any atom is 0.329 e. The van der Waals surface area contributed by atoms with Crippen LogP contribution in [0.25, 0.3) is 0 Å². The summed E-state index contributed by atoms with van der Waals surface area (Å²) in [6.45, 7) is 4.28. The number of carbonyl (C=O) groups excluding carboxylic acids is 3. The molecule has 0 unspecified atom stereocenters. The molecule has 0 spiro atoms. The van der Waals surface area contributed by atoms with Crippen molar-refractivity contribution in [3.8, 4) is 11.5 Å². The monoisotopic (exact) mass is 456 g/mol. The first-order valence-corrected chi connectivity index (χ1v) is 10.1. The highest BCUT2D eigenvalue weighted by molar-refractivity contribution is 6.35. The minimum absolute atomic E-state index is 0.203. The van der Waals surface area contributed by atoms with E-state index < -0.39 is 11.8 Å². The van der Waals surface area contributed by atoms with E-state index in [0.29, 0.717) is 29.4 Å². The van der Waals surface area contributed by atoms with Crippen molar-refractivity contribution in [2.45, 2.75) is 13.8 Å². The molecule has 0 aliphatic carbocycles. The van der Waals surface area contributed by atoms with Crippen LogP contribution < -0.4 is 25.5 Å². The quantitative estimate of drug-likeness (QED) is 0.215. The summed E-state index contributed by atoms with van der Waals surface area (Å²) in [6, 6.07) is 10.5. The summed E-state index contributed by atoms with van der Waals surface area (Å²) in [5.41, 5.74) is 5.63. The number of ether oxygens (including phenoxy) is 3. The summed E-state index contributed by atoms with van der Waals surface area (Å²) in [4.78, 5) is 35.4. The molecule has 0 fully saturated rings. The molecule has 0 radical (unpaired) electrons. The third-order valence-electron chi connectivity index (χ3n) is 4.51. The number of rotatable bonds is 10. The van der Waals surface area contributed by atoms with Gasteiger partial charge in [-0.25, -0.2) is 5.43 Å². The van der Waals surface area contributed by atoms with Crippen molar-refractivity contribution in [3.63, 3.8) is 0 Å². The van der Waals surface area contributed by atoms with Crippen molar-refractivity contribution in [2.75, 3.05) is 39.3 Å². The first-order chi connectivity index (χ1) is 15.8. The number of anilines is 1. The third-order valence-corrected chi connectivity index (χ3v) is 4.51. The molecule has 0 aliphatic heterocycles. The maximum atomic E-state index is 12.2. The molecule has 3 amide bonds. The van der Waals surface area contributed by atoms with Crippen molar-refractivity contribution in [1.29, 1.82) is 0 Å². The van der Waals surface area contributed by atoms with Crippen LogP contribution in [-0.2, 0) is 19.1 Å². The van der Waals surface area contributed by atoms with Crippen LogP contribution in [0.2, 0.25) is 0 Å². The Hall–Kier alpha value is -3.92. The normalized spacial score (nSPS) is 10.5. The van der Waals surface area contributed by atoms with Gasteiger partial charge in [0.25, 0.3) is 5.91 Å². The van der Waals surface area contributed by atoms with Crippen LogP contribution in [0.5, 0.6) is 11.5 Å². The van der Waals surface area contributed by atoms with Crippen molar-refractivity contribution >= 4 is 29.6 Å². The summed E-state index contributed by atoms with van der Waals surface area (Å²) in [5, 5.41) is 8.92. The molecule has 10 nitrogen and oxygen atoms in total. The van der Waals surface area contributed by atoms with Crippen molar-refractivity contribution in [1.82, 2.24) is 10.7 Å². The van der Waals surface area contributed by atoms with Gasteiger partial charge in [0.1, 0.15) is 0 Å². The number of aryl methyl sites for hydroxylation is 2. The molecule has 10 heteroatoms. The first-order valence-electron chi connectivity index (χ1n) is 10.1. The molecular formula is C23H28N4O6. The Bertz CT molecular complexity index is 1020. The van der Waals surface area contributed by atoms with Crippen LogP contribution in [-0.4, -0.2) is 57.9 Å². The molecule has 33 heavy (non-hydrogen) atoms. The zero-order valence-corrected chi connectivity index (χ0v) is 19.1. The number of hydrazone groups is 1.